The van der Waals surface area contributed by atoms with Gasteiger partial charge in [-0.25, -0.2) is 4.98 Å². The van der Waals surface area contributed by atoms with Crippen LogP contribution < -0.4 is 0 Å². The van der Waals surface area contributed by atoms with Crippen LogP contribution in [0, 0.1) is 29.1 Å². The predicted octanol–water partition coefficient (Wildman–Crippen LogP) is 3.73. The lowest BCUT2D eigenvalue weighted by Gasteiger charge is -2.20. The van der Waals surface area contributed by atoms with E-state index in [0.717, 1.165) is 17.9 Å². The lowest BCUT2D eigenvalue weighted by atomic mass is 9.86. The minimum absolute atomic E-state index is 0.00563. The van der Waals surface area contributed by atoms with Crippen LogP contribution in [0.3, 0.4) is 0 Å². The predicted molar refractivity (Wildman–Crippen MR) is 95.8 cm³/mol. The summed E-state index contributed by atoms with van der Waals surface area (Å²) in [6.07, 6.45) is 5.28. The standard InChI is InChI=1S/C20H21N3O3/c21-10-15(20-22-16-3-1-2-4-17(16)23-20)18(24)11-26-19(25)9-14-8-12-5-6-13(14)7-12/h1-4,12-14,24H,5-9,11H2,(H,22,23)/b18-15-/t12-,13+,14+/m0/s1. The Bertz CT molecular complexity index is 875. The van der Waals surface area contributed by atoms with Gasteiger partial charge in [-0.15, -0.1) is 0 Å². The zero-order chi connectivity index (χ0) is 18.1. The van der Waals surface area contributed by atoms with Gasteiger partial charge in [-0.3, -0.25) is 4.79 Å². The molecule has 4 rings (SSSR count). The Hall–Kier alpha value is -2.81. The summed E-state index contributed by atoms with van der Waals surface area (Å²) in [6, 6.07) is 9.30. The second kappa shape index (κ2) is 6.83. The molecule has 134 valence electrons. The van der Waals surface area contributed by atoms with Crippen LogP contribution in [0.15, 0.2) is 30.0 Å². The number of para-hydroxylation sites is 2. The third-order valence-electron chi connectivity index (χ3n) is 5.71. The average molecular weight is 351 g/mol. The van der Waals surface area contributed by atoms with Gasteiger partial charge in [-0.05, 0) is 49.1 Å². The molecular weight excluding hydrogens is 330 g/mol. The van der Waals surface area contributed by atoms with E-state index in [0.29, 0.717) is 23.8 Å². The number of hydrogen-bond donors (Lipinski definition) is 2. The van der Waals surface area contributed by atoms with Crippen molar-refractivity contribution in [3.05, 3.63) is 35.8 Å². The molecule has 2 saturated carbocycles. The quantitative estimate of drug-likeness (QED) is 0.486. The number of nitrogens with one attached hydrogen (secondary N) is 1. The minimum atomic E-state index is -0.309. The van der Waals surface area contributed by atoms with Crippen LogP contribution in [0.1, 0.15) is 37.9 Å². The highest BCUT2D eigenvalue weighted by Crippen LogP contribution is 2.49. The van der Waals surface area contributed by atoms with Gasteiger partial charge in [-0.1, -0.05) is 18.6 Å². The molecule has 0 unspecified atom stereocenters. The van der Waals surface area contributed by atoms with E-state index in [2.05, 4.69) is 9.97 Å². The number of H-pyrrole nitrogens is 1. The Labute approximate surface area is 151 Å². The van der Waals surface area contributed by atoms with Crippen LogP contribution in [0.5, 0.6) is 0 Å². The number of carbonyl (C=O) groups excluding carboxylic acids is 1. The maximum atomic E-state index is 12.1. The number of allylic oxidation sites excluding steroid dienone is 1. The monoisotopic (exact) mass is 351 g/mol. The molecule has 0 saturated heterocycles. The van der Waals surface area contributed by atoms with E-state index < -0.39 is 0 Å². The van der Waals surface area contributed by atoms with Gasteiger partial charge >= 0.3 is 5.97 Å². The van der Waals surface area contributed by atoms with Crippen LogP contribution in [-0.2, 0) is 9.53 Å². The van der Waals surface area contributed by atoms with E-state index in [9.17, 15) is 15.2 Å². The second-order valence-corrected chi connectivity index (χ2v) is 7.34. The minimum Gasteiger partial charge on any atom is -0.507 e. The zero-order valence-corrected chi connectivity index (χ0v) is 14.4. The molecule has 2 fully saturated rings. The van der Waals surface area contributed by atoms with Gasteiger partial charge < -0.3 is 14.8 Å². The summed E-state index contributed by atoms with van der Waals surface area (Å²) in [7, 11) is 0. The molecule has 1 heterocycles. The zero-order valence-electron chi connectivity index (χ0n) is 14.4. The molecule has 2 aromatic rings. The number of rotatable bonds is 5. The van der Waals surface area contributed by atoms with Crippen molar-refractivity contribution < 1.29 is 14.6 Å². The Kier molecular flexibility index (Phi) is 4.37. The highest BCUT2D eigenvalue weighted by molar-refractivity contribution is 5.83. The van der Waals surface area contributed by atoms with Gasteiger partial charge in [0.05, 0.1) is 11.0 Å². The fourth-order valence-corrected chi connectivity index (χ4v) is 4.45. The maximum Gasteiger partial charge on any atom is 0.306 e. The largest absolute Gasteiger partial charge is 0.507 e. The van der Waals surface area contributed by atoms with Gasteiger partial charge in [-0.2, -0.15) is 5.26 Å². The Morgan fingerprint density at radius 1 is 1.35 bits per heavy atom. The lowest BCUT2D eigenvalue weighted by molar-refractivity contribution is -0.144. The molecule has 2 bridgehead atoms. The van der Waals surface area contributed by atoms with Crippen LogP contribution in [-0.4, -0.2) is 27.7 Å². The van der Waals surface area contributed by atoms with Crippen molar-refractivity contribution in [2.75, 3.05) is 6.61 Å². The number of carbonyl (C=O) groups is 1. The van der Waals surface area contributed by atoms with Gasteiger partial charge in [0.25, 0.3) is 0 Å². The van der Waals surface area contributed by atoms with Gasteiger partial charge in [0.2, 0.25) is 0 Å². The molecule has 3 atom stereocenters. The van der Waals surface area contributed by atoms with Crippen molar-refractivity contribution in [2.24, 2.45) is 17.8 Å². The number of aliphatic hydroxyl groups is 1. The summed E-state index contributed by atoms with van der Waals surface area (Å²) in [6.45, 7) is -0.306. The van der Waals surface area contributed by atoms with Crippen molar-refractivity contribution in [1.29, 1.82) is 5.26 Å². The maximum absolute atomic E-state index is 12.1. The van der Waals surface area contributed by atoms with E-state index in [4.69, 9.17) is 4.74 Å². The van der Waals surface area contributed by atoms with E-state index in [1.54, 1.807) is 0 Å². The SMILES string of the molecule is N#C/C(=C(/O)COC(=O)C[C@H]1C[C@H]2CC[C@@H]1C2)c1nc2ccccc2[nH]1. The van der Waals surface area contributed by atoms with Crippen LogP contribution in [0.2, 0.25) is 0 Å². The van der Waals surface area contributed by atoms with Crippen molar-refractivity contribution >= 4 is 22.6 Å². The fraction of sp³-hybridized carbons (Fsp3) is 0.450. The molecule has 1 aromatic carbocycles. The number of hydrogen-bond acceptors (Lipinski definition) is 5. The van der Waals surface area contributed by atoms with E-state index >= 15 is 0 Å². The molecule has 2 aliphatic carbocycles. The number of fused-ring (bicyclic) bond motifs is 3. The van der Waals surface area contributed by atoms with E-state index in [1.165, 1.54) is 19.3 Å². The number of aromatic amines is 1. The lowest BCUT2D eigenvalue weighted by Crippen LogP contribution is -2.18. The third-order valence-corrected chi connectivity index (χ3v) is 5.71. The van der Waals surface area contributed by atoms with Gasteiger partial charge in [0, 0.05) is 6.42 Å². The summed E-state index contributed by atoms with van der Waals surface area (Å²) in [4.78, 5) is 19.4. The molecule has 6 heteroatoms. The van der Waals surface area contributed by atoms with Crippen LogP contribution in [0.25, 0.3) is 16.6 Å². The number of nitriles is 1. The summed E-state index contributed by atoms with van der Waals surface area (Å²) in [5.41, 5.74) is 1.47. The van der Waals surface area contributed by atoms with E-state index in [1.807, 2.05) is 30.3 Å². The average Bonchev–Trinajstić information content (AvgIpc) is 3.35. The van der Waals surface area contributed by atoms with Crippen molar-refractivity contribution in [3.8, 4) is 6.07 Å². The summed E-state index contributed by atoms with van der Waals surface area (Å²) >= 11 is 0. The number of nitrogens with zero attached hydrogens (tertiary/aromatic N) is 2. The van der Waals surface area contributed by atoms with E-state index in [-0.39, 0.29) is 29.7 Å². The first-order valence-corrected chi connectivity index (χ1v) is 9.07. The molecule has 0 radical (unpaired) electrons. The molecule has 6 nitrogen and oxygen atoms in total. The third kappa shape index (κ3) is 3.17. The Balaban J connectivity index is 1.40. The number of aliphatic hydroxyl groups excluding tert-OH is 1. The normalized spacial score (nSPS) is 25.1. The van der Waals surface area contributed by atoms with Gasteiger partial charge in [0.15, 0.2) is 11.6 Å². The first kappa shape index (κ1) is 16.6. The topological polar surface area (TPSA) is 99.0 Å². The summed E-state index contributed by atoms with van der Waals surface area (Å²) in [5, 5.41) is 19.6. The van der Waals surface area contributed by atoms with Crippen LogP contribution >= 0.6 is 0 Å². The molecule has 1 aromatic heterocycles. The highest BCUT2D eigenvalue weighted by atomic mass is 16.5. The first-order chi connectivity index (χ1) is 12.6. The Morgan fingerprint density at radius 3 is 2.88 bits per heavy atom. The van der Waals surface area contributed by atoms with Crippen molar-refractivity contribution in [2.45, 2.75) is 32.1 Å². The molecule has 0 spiro atoms. The number of ether oxygens (including phenoxy) is 1. The smallest absolute Gasteiger partial charge is 0.306 e. The molecule has 0 aliphatic heterocycles. The molecular formula is C20H21N3O3. The van der Waals surface area contributed by atoms with Crippen molar-refractivity contribution in [1.82, 2.24) is 9.97 Å². The van der Waals surface area contributed by atoms with Crippen LogP contribution in [0.4, 0.5) is 0 Å². The summed E-state index contributed by atoms with van der Waals surface area (Å²) in [5.74, 6) is 1.53. The van der Waals surface area contributed by atoms with Crippen molar-refractivity contribution in [3.63, 3.8) is 0 Å². The molecule has 2 N–H and O–H groups in total. The molecule has 2 aliphatic rings. The molecule has 26 heavy (non-hydrogen) atoms. The summed E-state index contributed by atoms with van der Waals surface area (Å²) < 4.78 is 5.21. The number of benzene rings is 1. The van der Waals surface area contributed by atoms with Gasteiger partial charge in [0.1, 0.15) is 18.2 Å². The fourth-order valence-electron chi connectivity index (χ4n) is 4.45. The Morgan fingerprint density at radius 2 is 2.19 bits per heavy atom. The first-order valence-electron chi connectivity index (χ1n) is 9.07. The number of aromatic nitrogens is 2. The molecule has 0 amide bonds. The highest BCUT2D eigenvalue weighted by Gasteiger charge is 2.40. The number of imidazole rings is 1. The number of esters is 1. The second-order valence-electron chi connectivity index (χ2n) is 7.34.